The topological polar surface area (TPSA) is 0 Å². The number of rotatable bonds is 36. The molecule has 0 aromatic carbocycles. The first-order chi connectivity index (χ1) is 21.0. The van der Waals surface area contributed by atoms with E-state index in [0.717, 1.165) is 11.8 Å². The van der Waals surface area contributed by atoms with Crippen LogP contribution in [-0.4, -0.2) is 9.58 Å². The molecule has 0 aliphatic heterocycles. The van der Waals surface area contributed by atoms with Crippen LogP contribution in [0.5, 0.6) is 0 Å². The van der Waals surface area contributed by atoms with E-state index in [4.69, 9.17) is 0 Å². The van der Waals surface area contributed by atoms with Crippen molar-refractivity contribution < 1.29 is 0 Å². The van der Waals surface area contributed by atoms with Gasteiger partial charge in [-0.05, 0) is 0 Å². The normalized spacial score (nSPS) is 13.5. The molecule has 0 aromatic rings. The zero-order valence-electron chi connectivity index (χ0n) is 30.5. The maximum absolute atomic E-state index is 4.49. The predicted octanol–water partition coefficient (Wildman–Crippen LogP) is 17.0. The van der Waals surface area contributed by atoms with Gasteiger partial charge in [-0.3, -0.25) is 0 Å². The fourth-order valence-electron chi connectivity index (χ4n) is 7.19. The average Bonchev–Trinajstić information content (AvgIpc) is 2.98. The van der Waals surface area contributed by atoms with Crippen molar-refractivity contribution in [2.24, 2.45) is 11.8 Å². The van der Waals surface area contributed by atoms with Gasteiger partial charge in [0.05, 0.1) is 0 Å². The first kappa shape index (κ1) is 44.5. The maximum atomic E-state index is 4.49. The summed E-state index contributed by atoms with van der Waals surface area (Å²) in [5.41, 5.74) is 0. The quantitative estimate of drug-likeness (QED) is 0.0438. The van der Waals surface area contributed by atoms with Crippen molar-refractivity contribution in [3.8, 4) is 0 Å². The molecule has 0 radical (unpaired) electrons. The number of halogens is 2. The van der Waals surface area contributed by atoms with Gasteiger partial charge in [-0.15, -0.1) is 0 Å². The summed E-state index contributed by atoms with van der Waals surface area (Å²) in [7, 11) is -2.14. The van der Waals surface area contributed by atoms with Gasteiger partial charge in [-0.25, -0.2) is 0 Å². The SMILES string of the molecule is CCCCCCCCCCC(CCCCCCCC)[CH2][Ge]([Br])([Br])[CH2]C(CCCCCCCC)CCCCCCCCCC. The van der Waals surface area contributed by atoms with Crippen molar-refractivity contribution in [3.63, 3.8) is 0 Å². The molecule has 0 saturated carbocycles. The van der Waals surface area contributed by atoms with Crippen molar-refractivity contribution in [2.45, 2.75) is 244 Å². The molecule has 0 bridgehead atoms. The van der Waals surface area contributed by atoms with E-state index in [9.17, 15) is 0 Å². The van der Waals surface area contributed by atoms with Crippen molar-refractivity contribution in [2.75, 3.05) is 0 Å². The van der Waals surface area contributed by atoms with Gasteiger partial charge in [0.1, 0.15) is 0 Å². The Balaban J connectivity index is 4.84. The van der Waals surface area contributed by atoms with E-state index in [2.05, 4.69) is 55.7 Å². The second-order valence-electron chi connectivity index (χ2n) is 14.6. The summed E-state index contributed by atoms with van der Waals surface area (Å²) in [6.45, 7) is 9.34. The Hall–Kier alpha value is 1.50. The molecule has 0 nitrogen and oxygen atoms in total. The molecule has 0 amide bonds. The van der Waals surface area contributed by atoms with E-state index >= 15 is 0 Å². The number of unbranched alkanes of at least 4 members (excludes halogenated alkanes) is 24. The van der Waals surface area contributed by atoms with Crippen LogP contribution in [0.1, 0.15) is 233 Å². The van der Waals surface area contributed by atoms with E-state index in [-0.39, 0.29) is 0 Å². The van der Waals surface area contributed by atoms with E-state index in [1.807, 2.05) is 0 Å². The molecule has 0 aliphatic carbocycles. The summed E-state index contributed by atoms with van der Waals surface area (Å²) < 4.78 is 0. The van der Waals surface area contributed by atoms with Gasteiger partial charge < -0.3 is 0 Å². The third-order valence-corrected chi connectivity index (χ3v) is 21.7. The van der Waals surface area contributed by atoms with E-state index in [0.29, 0.717) is 0 Å². The summed E-state index contributed by atoms with van der Waals surface area (Å²) >= 11 is 8.98. The standard InChI is InChI=1S/C40H82Br2Ge/c1-5-9-13-17-21-23-27-31-35-39(33-29-25-19-15-11-7-3)37-43(41,42)38-40(34-30-26-20-16-12-8-4)36-32-28-24-22-18-14-10-6-2/h39-40H,5-38H2,1-4H3. The third kappa shape index (κ3) is 33.2. The molecule has 0 aliphatic rings. The summed E-state index contributed by atoms with van der Waals surface area (Å²) in [5.74, 6) is 1.92. The molecule has 0 heterocycles. The third-order valence-electron chi connectivity index (χ3n) is 10.0. The van der Waals surface area contributed by atoms with Crippen LogP contribution >= 0.6 is 28.0 Å². The first-order valence-corrected chi connectivity index (χ1v) is 33.2. The number of hydrogen-bond acceptors (Lipinski definition) is 0. The van der Waals surface area contributed by atoms with Gasteiger partial charge in [-0.2, -0.15) is 0 Å². The molecule has 0 spiro atoms. The second-order valence-corrected chi connectivity index (χ2v) is 41.2. The Labute approximate surface area is 291 Å². The Kier molecular flexibility index (Phi) is 36.0. The van der Waals surface area contributed by atoms with Crippen molar-refractivity contribution in [3.05, 3.63) is 0 Å². The zero-order valence-corrected chi connectivity index (χ0v) is 35.7. The van der Waals surface area contributed by atoms with Crippen LogP contribution in [0.4, 0.5) is 0 Å². The van der Waals surface area contributed by atoms with Crippen LogP contribution in [0.25, 0.3) is 0 Å². The fraction of sp³-hybridized carbons (Fsp3) is 1.00. The predicted molar refractivity (Wildman–Crippen MR) is 211 cm³/mol. The monoisotopic (exact) mass is 794 g/mol. The molecule has 0 aromatic heterocycles. The van der Waals surface area contributed by atoms with Crippen molar-refractivity contribution in [1.82, 2.24) is 0 Å². The number of hydrogen-bond donors (Lipinski definition) is 0. The van der Waals surface area contributed by atoms with Gasteiger partial charge in [0, 0.05) is 0 Å². The Morgan fingerprint density at radius 2 is 0.488 bits per heavy atom. The zero-order chi connectivity index (χ0) is 31.7. The Bertz CT molecular complexity index is 479. The van der Waals surface area contributed by atoms with Crippen LogP contribution in [0.15, 0.2) is 0 Å². The van der Waals surface area contributed by atoms with Crippen LogP contribution in [0.2, 0.25) is 10.5 Å². The molecule has 0 rings (SSSR count). The molecule has 43 heavy (non-hydrogen) atoms. The van der Waals surface area contributed by atoms with Crippen molar-refractivity contribution in [1.29, 1.82) is 0 Å². The molecule has 2 atom stereocenters. The Morgan fingerprint density at radius 1 is 0.302 bits per heavy atom. The van der Waals surface area contributed by atoms with Crippen molar-refractivity contribution >= 4 is 37.6 Å². The summed E-state index contributed by atoms with van der Waals surface area (Å²) in [5, 5.41) is 3.02. The van der Waals surface area contributed by atoms with Gasteiger partial charge >= 0.3 is 293 Å². The average molecular weight is 796 g/mol. The van der Waals surface area contributed by atoms with Gasteiger partial charge in [-0.1, -0.05) is 0 Å². The minimum absolute atomic E-state index is 0.961. The van der Waals surface area contributed by atoms with Gasteiger partial charge in [0.2, 0.25) is 0 Å². The second kappa shape index (κ2) is 34.8. The van der Waals surface area contributed by atoms with Crippen LogP contribution < -0.4 is 0 Å². The summed E-state index contributed by atoms with van der Waals surface area (Å²) in [6.07, 6.45) is 46.5. The first-order valence-electron chi connectivity index (χ1n) is 20.4. The molecule has 0 saturated heterocycles. The van der Waals surface area contributed by atoms with E-state index in [1.165, 1.54) is 216 Å². The van der Waals surface area contributed by atoms with Crippen LogP contribution in [0.3, 0.4) is 0 Å². The molecular formula is C40H82Br2Ge. The van der Waals surface area contributed by atoms with Gasteiger partial charge in [0.15, 0.2) is 0 Å². The van der Waals surface area contributed by atoms with Crippen LogP contribution in [0, 0.1) is 11.8 Å². The minimum atomic E-state index is -2.14. The molecule has 2 unspecified atom stereocenters. The van der Waals surface area contributed by atoms with E-state index < -0.39 is 9.58 Å². The molecule has 3 heteroatoms. The van der Waals surface area contributed by atoms with Crippen LogP contribution in [-0.2, 0) is 0 Å². The summed E-state index contributed by atoms with van der Waals surface area (Å²) in [4.78, 5) is 0. The fourth-order valence-corrected chi connectivity index (χ4v) is 22.3. The molecule has 0 N–H and O–H groups in total. The van der Waals surface area contributed by atoms with Gasteiger partial charge in [0.25, 0.3) is 0 Å². The molecular weight excluding hydrogens is 713 g/mol. The molecule has 260 valence electrons. The van der Waals surface area contributed by atoms with E-state index in [1.54, 1.807) is 0 Å². The summed E-state index contributed by atoms with van der Waals surface area (Å²) in [6, 6.07) is 0. The molecule has 0 fully saturated rings. The Morgan fingerprint density at radius 3 is 0.698 bits per heavy atom.